The topological polar surface area (TPSA) is 92.3 Å². The number of pyridine rings is 1. The van der Waals surface area contributed by atoms with E-state index in [0.29, 0.717) is 40.2 Å². The van der Waals surface area contributed by atoms with Gasteiger partial charge in [0.25, 0.3) is 5.69 Å². The van der Waals surface area contributed by atoms with E-state index in [-0.39, 0.29) is 10.6 Å². The Morgan fingerprint density at radius 2 is 1.44 bits per heavy atom. The lowest BCUT2D eigenvalue weighted by Gasteiger charge is -2.14. The van der Waals surface area contributed by atoms with E-state index in [9.17, 15) is 10.1 Å². The highest BCUT2D eigenvalue weighted by Gasteiger charge is 2.25. The number of para-hydroxylation sites is 2. The van der Waals surface area contributed by atoms with Crippen LogP contribution in [-0.4, -0.2) is 33.9 Å². The molecule has 0 aliphatic heterocycles. The van der Waals surface area contributed by atoms with Crippen LogP contribution in [0.15, 0.2) is 97.1 Å². The van der Waals surface area contributed by atoms with E-state index in [1.165, 1.54) is 6.07 Å². The number of nitrogens with zero attached hydrogens (tertiary/aromatic N) is 4. The molecule has 0 unspecified atom stereocenters. The number of methoxy groups -OCH3 is 2. The highest BCUT2D eigenvalue weighted by Crippen LogP contribution is 2.43. The van der Waals surface area contributed by atoms with Crippen molar-refractivity contribution in [1.29, 1.82) is 0 Å². The first-order valence-corrected chi connectivity index (χ1v) is 12.4. The number of aromatic nitrogens is 3. The van der Waals surface area contributed by atoms with E-state index >= 15 is 0 Å². The molecule has 6 rings (SSSR count). The molecule has 8 nitrogen and oxygen atoms in total. The average molecular weight is 517 g/mol. The van der Waals surface area contributed by atoms with Crippen molar-refractivity contribution in [2.24, 2.45) is 0 Å². The fourth-order valence-electron chi connectivity index (χ4n) is 4.98. The van der Waals surface area contributed by atoms with Gasteiger partial charge in [0.2, 0.25) is 0 Å². The summed E-state index contributed by atoms with van der Waals surface area (Å²) in [4.78, 5) is 16.7. The van der Waals surface area contributed by atoms with Gasteiger partial charge in [-0.2, -0.15) is 5.10 Å². The van der Waals surface area contributed by atoms with Crippen LogP contribution in [0.2, 0.25) is 0 Å². The molecule has 6 aromatic rings. The van der Waals surface area contributed by atoms with E-state index in [4.69, 9.17) is 19.6 Å². The maximum Gasteiger partial charge on any atom is 0.278 e. The minimum absolute atomic E-state index is 0.0317. The Kier molecular flexibility index (Phi) is 6.13. The fraction of sp³-hybridized carbons (Fsp3) is 0.0968. The van der Waals surface area contributed by atoms with Crippen LogP contribution >= 0.6 is 0 Å². The quantitative estimate of drug-likeness (QED) is 0.172. The zero-order valence-corrected chi connectivity index (χ0v) is 21.4. The number of benzene rings is 4. The molecule has 0 fully saturated rings. The first kappa shape index (κ1) is 24.1. The molecule has 192 valence electrons. The van der Waals surface area contributed by atoms with Gasteiger partial charge >= 0.3 is 0 Å². The van der Waals surface area contributed by atoms with Crippen molar-refractivity contribution in [3.63, 3.8) is 0 Å². The molecule has 8 heteroatoms. The van der Waals surface area contributed by atoms with Crippen LogP contribution in [0.1, 0.15) is 11.3 Å². The summed E-state index contributed by atoms with van der Waals surface area (Å²) < 4.78 is 13.1. The molecule has 0 saturated carbocycles. The first-order chi connectivity index (χ1) is 19.1. The second-order valence-electron chi connectivity index (χ2n) is 9.04. The van der Waals surface area contributed by atoms with Gasteiger partial charge in [-0.05, 0) is 35.9 Å². The summed E-state index contributed by atoms with van der Waals surface area (Å²) in [5, 5.41) is 19.4. The molecule has 2 aromatic heterocycles. The molecule has 0 amide bonds. The van der Waals surface area contributed by atoms with Gasteiger partial charge in [-0.3, -0.25) is 10.1 Å². The molecular formula is C31H24N4O4. The average Bonchev–Trinajstić information content (AvgIpc) is 3.34. The lowest BCUT2D eigenvalue weighted by atomic mass is 9.98. The Balaban J connectivity index is 1.77. The third kappa shape index (κ3) is 4.21. The first-order valence-electron chi connectivity index (χ1n) is 12.4. The zero-order valence-electron chi connectivity index (χ0n) is 21.4. The van der Waals surface area contributed by atoms with Crippen LogP contribution in [0.5, 0.6) is 11.5 Å². The number of nitro benzene ring substituents is 1. The highest BCUT2D eigenvalue weighted by molar-refractivity contribution is 6.13. The molecule has 0 aliphatic carbocycles. The van der Waals surface area contributed by atoms with Gasteiger partial charge in [-0.25, -0.2) is 9.67 Å². The lowest BCUT2D eigenvalue weighted by molar-refractivity contribution is -0.384. The number of ether oxygens (including phenoxy) is 2. The number of fused-ring (bicyclic) bond motifs is 3. The normalized spacial score (nSPS) is 11.1. The smallest absolute Gasteiger partial charge is 0.278 e. The molecule has 0 aliphatic rings. The van der Waals surface area contributed by atoms with Gasteiger partial charge in [-0.15, -0.1) is 0 Å². The molecule has 39 heavy (non-hydrogen) atoms. The molecule has 0 radical (unpaired) electrons. The fourth-order valence-corrected chi connectivity index (χ4v) is 4.98. The van der Waals surface area contributed by atoms with Crippen molar-refractivity contribution < 1.29 is 14.4 Å². The van der Waals surface area contributed by atoms with Crippen LogP contribution in [0.4, 0.5) is 5.69 Å². The van der Waals surface area contributed by atoms with Gasteiger partial charge < -0.3 is 9.47 Å². The highest BCUT2D eigenvalue weighted by atomic mass is 16.6. The SMILES string of the molecule is COc1cc2c(-c3ccccc3[N+](=O)[O-])nc3c(c(Cc4ccccc4)nn3-c3ccccc3)c2cc1OC. The minimum atomic E-state index is -0.386. The van der Waals surface area contributed by atoms with E-state index < -0.39 is 0 Å². The predicted octanol–water partition coefficient (Wildman–Crippen LogP) is 6.76. The molecule has 0 bridgehead atoms. The molecule has 0 atom stereocenters. The standard InChI is InChI=1S/C31H24N4O4/c1-38-27-18-23-24(19-28(27)39-2)30(22-15-9-10-16-26(22)35(36)37)32-31-29(23)25(17-20-11-5-3-6-12-20)33-34(31)21-13-7-4-8-14-21/h3-16,18-19H,17H2,1-2H3. The number of rotatable bonds is 7. The van der Waals surface area contributed by atoms with Gasteiger partial charge in [0, 0.05) is 23.3 Å². The summed E-state index contributed by atoms with van der Waals surface area (Å²) >= 11 is 0. The van der Waals surface area contributed by atoms with Gasteiger partial charge in [-0.1, -0.05) is 60.7 Å². The molecule has 0 spiro atoms. The summed E-state index contributed by atoms with van der Waals surface area (Å²) in [5.74, 6) is 1.05. The van der Waals surface area contributed by atoms with Crippen molar-refractivity contribution >= 4 is 27.5 Å². The van der Waals surface area contributed by atoms with Crippen molar-refractivity contribution in [2.75, 3.05) is 14.2 Å². The van der Waals surface area contributed by atoms with Crippen molar-refractivity contribution in [3.8, 4) is 28.4 Å². The van der Waals surface area contributed by atoms with Gasteiger partial charge in [0.05, 0.1) is 47.2 Å². The largest absolute Gasteiger partial charge is 0.493 e. The van der Waals surface area contributed by atoms with Crippen LogP contribution in [0.25, 0.3) is 38.8 Å². The second kappa shape index (κ2) is 9.90. The zero-order chi connectivity index (χ0) is 26.9. The monoisotopic (exact) mass is 516 g/mol. The number of hydrogen-bond acceptors (Lipinski definition) is 6. The molecule has 0 saturated heterocycles. The Hall–Kier alpha value is -5.24. The summed E-state index contributed by atoms with van der Waals surface area (Å²) in [6.45, 7) is 0. The summed E-state index contributed by atoms with van der Waals surface area (Å²) in [5.41, 5.74) is 4.21. The molecule has 0 N–H and O–H groups in total. The second-order valence-corrected chi connectivity index (χ2v) is 9.04. The maximum atomic E-state index is 12.0. The third-order valence-electron chi connectivity index (χ3n) is 6.77. The van der Waals surface area contributed by atoms with Crippen molar-refractivity contribution in [2.45, 2.75) is 6.42 Å². The van der Waals surface area contributed by atoms with Crippen LogP contribution in [0, 0.1) is 10.1 Å². The maximum absolute atomic E-state index is 12.0. The summed E-state index contributed by atoms with van der Waals surface area (Å²) in [6, 6.07) is 30.2. The Labute approximate surface area is 224 Å². The Morgan fingerprint density at radius 1 is 0.821 bits per heavy atom. The third-order valence-corrected chi connectivity index (χ3v) is 6.77. The predicted molar refractivity (Wildman–Crippen MR) is 151 cm³/mol. The minimum Gasteiger partial charge on any atom is -0.493 e. The molecule has 4 aromatic carbocycles. The molecule has 2 heterocycles. The summed E-state index contributed by atoms with van der Waals surface area (Å²) in [7, 11) is 3.15. The lowest BCUT2D eigenvalue weighted by Crippen LogP contribution is -2.00. The van der Waals surface area contributed by atoms with E-state index in [1.54, 1.807) is 32.4 Å². The van der Waals surface area contributed by atoms with Crippen LogP contribution in [-0.2, 0) is 6.42 Å². The van der Waals surface area contributed by atoms with Gasteiger partial charge in [0.1, 0.15) is 0 Å². The number of hydrogen-bond donors (Lipinski definition) is 0. The number of nitro groups is 1. The molecular weight excluding hydrogens is 492 g/mol. The van der Waals surface area contributed by atoms with Crippen LogP contribution < -0.4 is 9.47 Å². The van der Waals surface area contributed by atoms with E-state index in [2.05, 4.69) is 12.1 Å². The van der Waals surface area contributed by atoms with Gasteiger partial charge in [0.15, 0.2) is 17.1 Å². The van der Waals surface area contributed by atoms with Crippen LogP contribution in [0.3, 0.4) is 0 Å². The van der Waals surface area contributed by atoms with E-state index in [1.807, 2.05) is 65.3 Å². The Morgan fingerprint density at radius 3 is 2.10 bits per heavy atom. The van der Waals surface area contributed by atoms with Crippen molar-refractivity contribution in [1.82, 2.24) is 14.8 Å². The summed E-state index contributed by atoms with van der Waals surface area (Å²) in [6.07, 6.45) is 0.577. The van der Waals surface area contributed by atoms with E-state index in [0.717, 1.165) is 27.7 Å². The Bertz CT molecular complexity index is 1830. The van der Waals surface area contributed by atoms with Crippen molar-refractivity contribution in [3.05, 3.63) is 118 Å².